The maximum absolute atomic E-state index is 5.81. The third-order valence-electron chi connectivity index (χ3n) is 3.08. The van der Waals surface area contributed by atoms with Crippen LogP contribution >= 0.6 is 11.3 Å². The standard InChI is InChI=1S/C14H17N3OS/c1-17(2)10-4-3-5-11(8-10)18-9-13-16-14-12(19-13)6-7-15-14/h3-5,8,15H,6-7,9H2,1-2H3. The molecule has 1 aromatic carbocycles. The molecule has 0 fully saturated rings. The Bertz CT molecular complexity index is 558. The summed E-state index contributed by atoms with van der Waals surface area (Å²) in [6.07, 6.45) is 1.09. The molecule has 3 rings (SSSR count). The lowest BCUT2D eigenvalue weighted by Gasteiger charge is -2.13. The van der Waals surface area contributed by atoms with Gasteiger partial charge in [-0.2, -0.15) is 0 Å². The van der Waals surface area contributed by atoms with E-state index in [1.54, 1.807) is 11.3 Å². The highest BCUT2D eigenvalue weighted by atomic mass is 32.1. The lowest BCUT2D eigenvalue weighted by Crippen LogP contribution is -2.08. The Morgan fingerprint density at radius 1 is 1.42 bits per heavy atom. The molecule has 1 aliphatic heterocycles. The number of ether oxygens (including phenoxy) is 1. The van der Waals surface area contributed by atoms with Gasteiger partial charge in [0.2, 0.25) is 0 Å². The highest BCUT2D eigenvalue weighted by Crippen LogP contribution is 2.29. The Morgan fingerprint density at radius 2 is 2.32 bits per heavy atom. The normalized spacial score (nSPS) is 12.9. The fourth-order valence-corrected chi connectivity index (χ4v) is 3.02. The average molecular weight is 275 g/mol. The summed E-state index contributed by atoms with van der Waals surface area (Å²) >= 11 is 1.74. The molecule has 0 spiro atoms. The van der Waals surface area contributed by atoms with Crippen molar-refractivity contribution < 1.29 is 4.74 Å². The molecule has 0 bridgehead atoms. The van der Waals surface area contributed by atoms with E-state index in [-0.39, 0.29) is 0 Å². The quantitative estimate of drug-likeness (QED) is 0.931. The van der Waals surface area contributed by atoms with Gasteiger partial charge in [0.1, 0.15) is 23.2 Å². The molecule has 19 heavy (non-hydrogen) atoms. The molecule has 0 atom stereocenters. The maximum atomic E-state index is 5.81. The van der Waals surface area contributed by atoms with Gasteiger partial charge in [0.15, 0.2) is 0 Å². The van der Waals surface area contributed by atoms with Gasteiger partial charge in [-0.05, 0) is 12.1 Å². The van der Waals surface area contributed by atoms with E-state index in [1.807, 2.05) is 32.3 Å². The smallest absolute Gasteiger partial charge is 0.140 e. The van der Waals surface area contributed by atoms with Gasteiger partial charge in [-0.1, -0.05) is 6.07 Å². The SMILES string of the molecule is CN(C)c1cccc(OCc2nc3c(s2)CCN3)c1. The fraction of sp³-hybridized carbons (Fsp3) is 0.357. The van der Waals surface area contributed by atoms with E-state index in [1.165, 1.54) is 4.88 Å². The fourth-order valence-electron chi connectivity index (χ4n) is 2.06. The minimum Gasteiger partial charge on any atom is -0.486 e. The third kappa shape index (κ3) is 2.66. The van der Waals surface area contributed by atoms with Crippen molar-refractivity contribution in [2.45, 2.75) is 13.0 Å². The van der Waals surface area contributed by atoms with Crippen LogP contribution < -0.4 is 15.0 Å². The first-order chi connectivity index (χ1) is 9.22. The lowest BCUT2D eigenvalue weighted by atomic mass is 10.3. The minimum absolute atomic E-state index is 0.538. The number of rotatable bonds is 4. The van der Waals surface area contributed by atoms with E-state index in [0.29, 0.717) is 6.61 Å². The van der Waals surface area contributed by atoms with Crippen LogP contribution in [0.5, 0.6) is 5.75 Å². The first-order valence-electron chi connectivity index (χ1n) is 6.35. The summed E-state index contributed by atoms with van der Waals surface area (Å²) in [4.78, 5) is 7.95. The van der Waals surface area contributed by atoms with E-state index in [9.17, 15) is 0 Å². The van der Waals surface area contributed by atoms with Gasteiger partial charge in [0, 0.05) is 38.8 Å². The second-order valence-corrected chi connectivity index (χ2v) is 5.90. The van der Waals surface area contributed by atoms with Crippen LogP contribution in [0.15, 0.2) is 24.3 Å². The zero-order chi connectivity index (χ0) is 13.2. The summed E-state index contributed by atoms with van der Waals surface area (Å²) in [6, 6.07) is 8.09. The molecule has 2 aromatic rings. The zero-order valence-corrected chi connectivity index (χ0v) is 12.0. The molecular weight excluding hydrogens is 258 g/mol. The molecule has 1 aromatic heterocycles. The first-order valence-corrected chi connectivity index (χ1v) is 7.16. The topological polar surface area (TPSA) is 37.4 Å². The average Bonchev–Trinajstić information content (AvgIpc) is 2.97. The Labute approximate surface area is 117 Å². The molecule has 0 saturated heterocycles. The Kier molecular flexibility index (Phi) is 3.29. The molecule has 1 aliphatic rings. The van der Waals surface area contributed by atoms with E-state index in [4.69, 9.17) is 4.74 Å². The third-order valence-corrected chi connectivity index (χ3v) is 4.17. The molecule has 5 heteroatoms. The van der Waals surface area contributed by atoms with Crippen molar-refractivity contribution in [1.29, 1.82) is 0 Å². The highest BCUT2D eigenvalue weighted by Gasteiger charge is 2.16. The summed E-state index contributed by atoms with van der Waals surface area (Å²) < 4.78 is 5.81. The molecule has 2 heterocycles. The van der Waals surface area contributed by atoms with Crippen molar-refractivity contribution in [2.24, 2.45) is 0 Å². The van der Waals surface area contributed by atoms with E-state index >= 15 is 0 Å². The largest absolute Gasteiger partial charge is 0.486 e. The van der Waals surface area contributed by atoms with E-state index < -0.39 is 0 Å². The van der Waals surface area contributed by atoms with Crippen LogP contribution in [0.4, 0.5) is 11.5 Å². The molecule has 4 nitrogen and oxygen atoms in total. The lowest BCUT2D eigenvalue weighted by molar-refractivity contribution is 0.306. The summed E-state index contributed by atoms with van der Waals surface area (Å²) in [5, 5.41) is 4.31. The first kappa shape index (κ1) is 12.3. The van der Waals surface area contributed by atoms with Crippen LogP contribution in [0.25, 0.3) is 0 Å². The number of nitrogens with one attached hydrogen (secondary N) is 1. The number of aromatic nitrogens is 1. The van der Waals surface area contributed by atoms with Gasteiger partial charge in [0.05, 0.1) is 4.88 Å². The van der Waals surface area contributed by atoms with Crippen LogP contribution in [0.2, 0.25) is 0 Å². The van der Waals surface area contributed by atoms with Crippen molar-refractivity contribution >= 4 is 22.8 Å². The predicted molar refractivity (Wildman–Crippen MR) is 79.4 cm³/mol. The Morgan fingerprint density at radius 3 is 3.11 bits per heavy atom. The number of hydrogen-bond acceptors (Lipinski definition) is 5. The number of hydrogen-bond donors (Lipinski definition) is 1. The van der Waals surface area contributed by atoms with E-state index in [2.05, 4.69) is 21.3 Å². The highest BCUT2D eigenvalue weighted by molar-refractivity contribution is 7.12. The summed E-state index contributed by atoms with van der Waals surface area (Å²) in [5.74, 6) is 1.93. The second-order valence-electron chi connectivity index (χ2n) is 4.74. The van der Waals surface area contributed by atoms with Crippen LogP contribution in [-0.4, -0.2) is 25.6 Å². The van der Waals surface area contributed by atoms with Crippen molar-refractivity contribution in [3.05, 3.63) is 34.2 Å². The van der Waals surface area contributed by atoms with Gasteiger partial charge >= 0.3 is 0 Å². The Hall–Kier alpha value is -1.75. The molecule has 0 radical (unpaired) electrons. The molecule has 0 unspecified atom stereocenters. The summed E-state index contributed by atoms with van der Waals surface area (Å²) in [5.41, 5.74) is 1.14. The van der Waals surface area contributed by atoms with Gasteiger partial charge in [-0.15, -0.1) is 11.3 Å². The van der Waals surface area contributed by atoms with Crippen LogP contribution in [0, 0.1) is 0 Å². The van der Waals surface area contributed by atoms with Crippen molar-refractivity contribution in [3.63, 3.8) is 0 Å². The molecule has 100 valence electrons. The minimum atomic E-state index is 0.538. The van der Waals surface area contributed by atoms with Gasteiger partial charge in [-0.25, -0.2) is 4.98 Å². The van der Waals surface area contributed by atoms with Crippen molar-refractivity contribution in [3.8, 4) is 5.75 Å². The zero-order valence-electron chi connectivity index (χ0n) is 11.1. The van der Waals surface area contributed by atoms with Crippen molar-refractivity contribution in [2.75, 3.05) is 30.9 Å². The number of fused-ring (bicyclic) bond motifs is 1. The monoisotopic (exact) mass is 275 g/mol. The van der Waals surface area contributed by atoms with Gasteiger partial charge < -0.3 is 15.0 Å². The maximum Gasteiger partial charge on any atom is 0.140 e. The number of anilines is 2. The Balaban J connectivity index is 1.66. The second kappa shape index (κ2) is 5.09. The van der Waals surface area contributed by atoms with Crippen LogP contribution in [0.3, 0.4) is 0 Å². The van der Waals surface area contributed by atoms with Crippen molar-refractivity contribution in [1.82, 2.24) is 4.98 Å². The molecule has 0 amide bonds. The van der Waals surface area contributed by atoms with Gasteiger partial charge in [0.25, 0.3) is 0 Å². The summed E-state index contributed by atoms with van der Waals surface area (Å²) in [7, 11) is 4.05. The predicted octanol–water partition coefficient (Wildman–Crippen LogP) is 2.76. The van der Waals surface area contributed by atoms with E-state index in [0.717, 1.165) is 35.2 Å². The molecule has 1 N–H and O–H groups in total. The van der Waals surface area contributed by atoms with Crippen LogP contribution in [0.1, 0.15) is 9.88 Å². The summed E-state index contributed by atoms with van der Waals surface area (Å²) in [6.45, 7) is 1.55. The van der Waals surface area contributed by atoms with Crippen LogP contribution in [-0.2, 0) is 13.0 Å². The molecule has 0 aliphatic carbocycles. The number of nitrogens with zero attached hydrogens (tertiary/aromatic N) is 2. The van der Waals surface area contributed by atoms with Gasteiger partial charge in [-0.3, -0.25) is 0 Å². The molecular formula is C14H17N3OS. The number of thiazole rings is 1. The number of benzene rings is 1. The molecule has 0 saturated carbocycles.